The van der Waals surface area contributed by atoms with Crippen molar-refractivity contribution in [1.82, 2.24) is 5.32 Å². The number of hydrogen-bond acceptors (Lipinski definition) is 4. The van der Waals surface area contributed by atoms with Crippen LogP contribution < -0.4 is 5.32 Å². The Morgan fingerprint density at radius 3 is 2.46 bits per heavy atom. The van der Waals surface area contributed by atoms with Crippen molar-refractivity contribution in [1.29, 1.82) is 0 Å². The Morgan fingerprint density at radius 1 is 0.962 bits per heavy atom. The van der Waals surface area contributed by atoms with Crippen molar-refractivity contribution in [2.75, 3.05) is 6.54 Å². The fourth-order valence-corrected chi connectivity index (χ4v) is 4.76. The summed E-state index contributed by atoms with van der Waals surface area (Å²) >= 11 is 0. The average Bonchev–Trinajstić information content (AvgIpc) is 2.66. The second-order valence-electron chi connectivity index (χ2n) is 6.36. The molecule has 0 spiro atoms. The van der Waals surface area contributed by atoms with Crippen LogP contribution in [0.5, 0.6) is 0 Å². The lowest BCUT2D eigenvalue weighted by molar-refractivity contribution is 0.0950. The van der Waals surface area contributed by atoms with Gasteiger partial charge in [0, 0.05) is 23.2 Å². The molecule has 0 unspecified atom stereocenters. The lowest BCUT2D eigenvalue weighted by atomic mass is 10.0. The van der Waals surface area contributed by atoms with E-state index in [2.05, 4.69) is 12.2 Å². The number of sulfone groups is 1. The topological polar surface area (TPSA) is 80.3 Å². The number of hydrogen-bond donors (Lipinski definition) is 1. The molecule has 6 heteroatoms. The molecule has 3 rings (SSSR count). The number of carbonyl (C=O) groups excluding carboxylic acids is 2. The van der Waals surface area contributed by atoms with Crippen LogP contribution in [0, 0.1) is 0 Å². The zero-order valence-corrected chi connectivity index (χ0v) is 15.4. The fraction of sp³-hybridized carbons (Fsp3) is 0.300. The first-order valence-electron chi connectivity index (χ1n) is 8.78. The molecule has 0 saturated carbocycles. The number of ketones is 1. The van der Waals surface area contributed by atoms with Gasteiger partial charge in [0.05, 0.1) is 9.79 Å². The highest BCUT2D eigenvalue weighted by molar-refractivity contribution is 7.91. The van der Waals surface area contributed by atoms with Crippen molar-refractivity contribution in [2.24, 2.45) is 0 Å². The first kappa shape index (κ1) is 18.3. The molecule has 2 aromatic carbocycles. The van der Waals surface area contributed by atoms with Crippen molar-refractivity contribution in [3.63, 3.8) is 0 Å². The van der Waals surface area contributed by atoms with E-state index in [9.17, 15) is 18.0 Å². The monoisotopic (exact) mass is 371 g/mol. The number of carbonyl (C=O) groups is 2. The fourth-order valence-electron chi connectivity index (χ4n) is 3.08. The van der Waals surface area contributed by atoms with E-state index in [0.717, 1.165) is 25.7 Å². The van der Waals surface area contributed by atoms with E-state index in [0.29, 0.717) is 6.54 Å². The summed E-state index contributed by atoms with van der Waals surface area (Å²) in [5.41, 5.74) is 0.534. The van der Waals surface area contributed by atoms with Crippen LogP contribution in [0.4, 0.5) is 0 Å². The van der Waals surface area contributed by atoms with Crippen molar-refractivity contribution in [3.8, 4) is 0 Å². The summed E-state index contributed by atoms with van der Waals surface area (Å²) in [6, 6.07) is 10.4. The summed E-state index contributed by atoms with van der Waals surface area (Å²) < 4.78 is 25.7. The van der Waals surface area contributed by atoms with Gasteiger partial charge < -0.3 is 5.32 Å². The number of fused-ring (bicyclic) bond motifs is 2. The predicted octanol–water partition coefficient (Wildman–Crippen LogP) is 3.37. The number of benzene rings is 2. The number of rotatable bonds is 6. The molecule has 0 bridgehead atoms. The Bertz CT molecular complexity index is 964. The summed E-state index contributed by atoms with van der Waals surface area (Å²) in [6.07, 6.45) is 4.16. The highest BCUT2D eigenvalue weighted by Gasteiger charge is 2.34. The first-order valence-corrected chi connectivity index (χ1v) is 10.3. The smallest absolute Gasteiger partial charge is 0.251 e. The molecule has 26 heavy (non-hydrogen) atoms. The molecular formula is C20H21NO4S. The lowest BCUT2D eigenvalue weighted by Crippen LogP contribution is -2.26. The maximum Gasteiger partial charge on any atom is 0.251 e. The van der Waals surface area contributed by atoms with Gasteiger partial charge in [-0.1, -0.05) is 38.3 Å². The second kappa shape index (κ2) is 7.41. The van der Waals surface area contributed by atoms with Gasteiger partial charge in [-0.15, -0.1) is 0 Å². The third-order valence-electron chi connectivity index (χ3n) is 4.52. The molecular weight excluding hydrogens is 350 g/mol. The van der Waals surface area contributed by atoms with Gasteiger partial charge in [0.2, 0.25) is 9.84 Å². The van der Waals surface area contributed by atoms with Crippen molar-refractivity contribution < 1.29 is 18.0 Å². The summed E-state index contributed by atoms with van der Waals surface area (Å²) in [7, 11) is -3.82. The molecule has 136 valence electrons. The Morgan fingerprint density at radius 2 is 1.69 bits per heavy atom. The molecule has 0 radical (unpaired) electrons. The van der Waals surface area contributed by atoms with Crippen LogP contribution in [0.15, 0.2) is 52.3 Å². The Kier molecular flexibility index (Phi) is 5.23. The molecule has 0 saturated heterocycles. The van der Waals surface area contributed by atoms with Gasteiger partial charge in [-0.05, 0) is 36.8 Å². The minimum Gasteiger partial charge on any atom is -0.352 e. The maximum absolute atomic E-state index is 12.9. The second-order valence-corrected chi connectivity index (χ2v) is 8.24. The Balaban J connectivity index is 1.88. The van der Waals surface area contributed by atoms with E-state index in [4.69, 9.17) is 0 Å². The van der Waals surface area contributed by atoms with Crippen molar-refractivity contribution in [3.05, 3.63) is 59.2 Å². The molecule has 1 heterocycles. The van der Waals surface area contributed by atoms with Crippen LogP contribution in [0.25, 0.3) is 0 Å². The highest BCUT2D eigenvalue weighted by atomic mass is 32.2. The summed E-state index contributed by atoms with van der Waals surface area (Å²) in [5, 5.41) is 2.80. The summed E-state index contributed by atoms with van der Waals surface area (Å²) in [5.74, 6) is -0.664. The summed E-state index contributed by atoms with van der Waals surface area (Å²) in [6.45, 7) is 2.66. The van der Waals surface area contributed by atoms with Crippen LogP contribution in [0.3, 0.4) is 0 Å². The molecule has 2 aromatic rings. The SMILES string of the molecule is CCCCCCNC(=O)c1ccc2c(c1)S(=O)(=O)c1ccccc1C2=O. The molecule has 0 atom stereocenters. The number of amides is 1. The van der Waals surface area contributed by atoms with E-state index in [1.165, 1.54) is 30.3 Å². The zero-order valence-electron chi connectivity index (χ0n) is 14.6. The molecule has 0 aromatic heterocycles. The standard InChI is InChI=1S/C20H21NO4S/c1-2-3-4-7-12-21-20(23)14-10-11-16-18(13-14)26(24,25)17-9-6-5-8-15(17)19(16)22/h5-6,8-11,13H,2-4,7,12H2,1H3,(H,21,23). The third kappa shape index (κ3) is 3.29. The van der Waals surface area contributed by atoms with Gasteiger partial charge in [-0.25, -0.2) is 8.42 Å². The number of nitrogens with one attached hydrogen (secondary N) is 1. The predicted molar refractivity (Wildman–Crippen MR) is 98.2 cm³/mol. The largest absolute Gasteiger partial charge is 0.352 e. The van der Waals surface area contributed by atoms with Gasteiger partial charge in [0.25, 0.3) is 5.91 Å². The average molecular weight is 371 g/mol. The highest BCUT2D eigenvalue weighted by Crippen LogP contribution is 2.34. The quantitative estimate of drug-likeness (QED) is 0.674. The van der Waals surface area contributed by atoms with Gasteiger partial charge in [0.15, 0.2) is 5.78 Å². The molecule has 1 aliphatic heterocycles. The Hall–Kier alpha value is -2.47. The third-order valence-corrected chi connectivity index (χ3v) is 6.37. The van der Waals surface area contributed by atoms with Crippen molar-refractivity contribution >= 4 is 21.5 Å². The van der Waals surface area contributed by atoms with E-state index in [1.54, 1.807) is 12.1 Å². The van der Waals surface area contributed by atoms with E-state index < -0.39 is 9.84 Å². The lowest BCUT2D eigenvalue weighted by Gasteiger charge is -2.19. The molecule has 1 amide bonds. The molecule has 1 aliphatic rings. The van der Waals surface area contributed by atoms with Crippen LogP contribution in [0.2, 0.25) is 0 Å². The van der Waals surface area contributed by atoms with Gasteiger partial charge in [0.1, 0.15) is 0 Å². The first-order chi connectivity index (χ1) is 12.5. The normalized spacial score (nSPS) is 14.4. The van der Waals surface area contributed by atoms with Gasteiger partial charge >= 0.3 is 0 Å². The van der Waals surface area contributed by atoms with Crippen LogP contribution >= 0.6 is 0 Å². The molecule has 1 N–H and O–H groups in total. The minimum atomic E-state index is -3.82. The van der Waals surface area contributed by atoms with Crippen LogP contribution in [0.1, 0.15) is 58.9 Å². The van der Waals surface area contributed by atoms with E-state index >= 15 is 0 Å². The number of unbranched alkanes of at least 4 members (excludes halogenated alkanes) is 3. The van der Waals surface area contributed by atoms with E-state index in [1.807, 2.05) is 0 Å². The van der Waals surface area contributed by atoms with Crippen LogP contribution in [-0.4, -0.2) is 26.7 Å². The zero-order chi connectivity index (χ0) is 18.7. The summed E-state index contributed by atoms with van der Waals surface area (Å²) in [4.78, 5) is 24.8. The van der Waals surface area contributed by atoms with E-state index in [-0.39, 0.29) is 38.2 Å². The maximum atomic E-state index is 12.9. The van der Waals surface area contributed by atoms with Gasteiger partial charge in [-0.2, -0.15) is 0 Å². The molecule has 0 fully saturated rings. The van der Waals surface area contributed by atoms with Gasteiger partial charge in [-0.3, -0.25) is 9.59 Å². The van der Waals surface area contributed by atoms with Crippen molar-refractivity contribution in [2.45, 2.75) is 42.4 Å². The Labute approximate surface area is 153 Å². The minimum absolute atomic E-state index is 0.00498. The molecule has 5 nitrogen and oxygen atoms in total. The molecule has 0 aliphatic carbocycles. The van der Waals surface area contributed by atoms with Crippen LogP contribution in [-0.2, 0) is 9.84 Å².